The second kappa shape index (κ2) is 5.97. The smallest absolute Gasteiger partial charge is 0.148 e. The van der Waals surface area contributed by atoms with Gasteiger partial charge in [0.1, 0.15) is 18.0 Å². The van der Waals surface area contributed by atoms with Crippen LogP contribution in [0.4, 0.5) is 11.6 Å². The van der Waals surface area contributed by atoms with Gasteiger partial charge < -0.3 is 15.5 Å². The third kappa shape index (κ3) is 3.54. The van der Waals surface area contributed by atoms with Crippen molar-refractivity contribution in [2.24, 2.45) is 5.84 Å². The number of hydrogen-bond donors (Lipinski definition) is 3. The number of anilines is 2. The maximum Gasteiger partial charge on any atom is 0.148 e. The van der Waals surface area contributed by atoms with Crippen LogP contribution in [-0.4, -0.2) is 29.2 Å². The van der Waals surface area contributed by atoms with E-state index in [9.17, 15) is 0 Å². The van der Waals surface area contributed by atoms with E-state index in [1.807, 2.05) is 0 Å². The van der Waals surface area contributed by atoms with Crippen LogP contribution in [-0.2, 0) is 4.74 Å². The molecule has 0 amide bonds. The molecule has 0 saturated heterocycles. The van der Waals surface area contributed by atoms with Crippen molar-refractivity contribution in [3.05, 3.63) is 11.9 Å². The summed E-state index contributed by atoms with van der Waals surface area (Å²) in [5.41, 5.74) is 3.38. The highest BCUT2D eigenvalue weighted by Crippen LogP contribution is 2.29. The molecule has 1 rings (SSSR count). The Labute approximate surface area is 108 Å². The van der Waals surface area contributed by atoms with Crippen LogP contribution in [0.15, 0.2) is 6.33 Å². The summed E-state index contributed by atoms with van der Waals surface area (Å²) in [6, 6.07) is 0. The van der Waals surface area contributed by atoms with Gasteiger partial charge in [-0.15, -0.1) is 0 Å². The zero-order valence-corrected chi connectivity index (χ0v) is 11.7. The standard InChI is InChI=1S/C12H23N5O/c1-8(2)9-10(14-7-15-11(9)17-13)16-12(3,4)6-18-5/h7-8H,6,13H2,1-5H3,(H2,14,15,16,17). The van der Waals surface area contributed by atoms with Crippen LogP contribution >= 0.6 is 0 Å². The molecular formula is C12H23N5O. The Morgan fingerprint density at radius 2 is 1.94 bits per heavy atom. The lowest BCUT2D eigenvalue weighted by molar-refractivity contribution is 0.158. The van der Waals surface area contributed by atoms with Gasteiger partial charge in [0.05, 0.1) is 12.1 Å². The first kappa shape index (κ1) is 14.7. The topological polar surface area (TPSA) is 85.1 Å². The molecular weight excluding hydrogens is 230 g/mol. The van der Waals surface area contributed by atoms with E-state index in [0.717, 1.165) is 11.4 Å². The Morgan fingerprint density at radius 3 is 2.44 bits per heavy atom. The Bertz CT molecular complexity index is 392. The lowest BCUT2D eigenvalue weighted by Gasteiger charge is -2.28. The minimum Gasteiger partial charge on any atom is -0.382 e. The van der Waals surface area contributed by atoms with Gasteiger partial charge in [0.25, 0.3) is 0 Å². The maximum atomic E-state index is 5.49. The molecule has 0 unspecified atom stereocenters. The number of hydrogen-bond acceptors (Lipinski definition) is 6. The van der Waals surface area contributed by atoms with Crippen molar-refractivity contribution in [2.75, 3.05) is 24.5 Å². The molecule has 102 valence electrons. The minimum absolute atomic E-state index is 0.210. The van der Waals surface area contributed by atoms with E-state index in [2.05, 4.69) is 48.4 Å². The number of ether oxygens (including phenoxy) is 1. The maximum absolute atomic E-state index is 5.49. The van der Waals surface area contributed by atoms with Gasteiger partial charge in [0.2, 0.25) is 0 Å². The molecule has 0 radical (unpaired) electrons. The van der Waals surface area contributed by atoms with Crippen molar-refractivity contribution in [1.29, 1.82) is 0 Å². The molecule has 1 aromatic heterocycles. The summed E-state index contributed by atoms with van der Waals surface area (Å²) < 4.78 is 5.19. The van der Waals surface area contributed by atoms with Crippen molar-refractivity contribution >= 4 is 11.6 Å². The molecule has 0 aliphatic carbocycles. The summed E-state index contributed by atoms with van der Waals surface area (Å²) in [6.07, 6.45) is 1.49. The van der Waals surface area contributed by atoms with Crippen molar-refractivity contribution in [1.82, 2.24) is 9.97 Å². The molecule has 0 aliphatic rings. The van der Waals surface area contributed by atoms with Gasteiger partial charge in [0.15, 0.2) is 0 Å². The normalized spacial score (nSPS) is 11.7. The average molecular weight is 253 g/mol. The molecule has 4 N–H and O–H groups in total. The summed E-state index contributed by atoms with van der Waals surface area (Å²) in [6.45, 7) is 8.85. The van der Waals surface area contributed by atoms with Gasteiger partial charge in [-0.2, -0.15) is 0 Å². The largest absolute Gasteiger partial charge is 0.382 e. The van der Waals surface area contributed by atoms with Gasteiger partial charge in [-0.05, 0) is 19.8 Å². The number of nitrogens with two attached hydrogens (primary N) is 1. The molecule has 6 heteroatoms. The fourth-order valence-electron chi connectivity index (χ4n) is 1.87. The highest BCUT2D eigenvalue weighted by atomic mass is 16.5. The Balaban J connectivity index is 3.08. The highest BCUT2D eigenvalue weighted by Gasteiger charge is 2.22. The van der Waals surface area contributed by atoms with Gasteiger partial charge in [0, 0.05) is 12.7 Å². The molecule has 0 aliphatic heterocycles. The van der Waals surface area contributed by atoms with E-state index >= 15 is 0 Å². The van der Waals surface area contributed by atoms with Crippen LogP contribution in [0, 0.1) is 0 Å². The first-order chi connectivity index (χ1) is 8.41. The molecule has 0 atom stereocenters. The Kier molecular flexibility index (Phi) is 4.86. The first-order valence-corrected chi connectivity index (χ1v) is 6.00. The lowest BCUT2D eigenvalue weighted by atomic mass is 10.0. The third-order valence-electron chi connectivity index (χ3n) is 2.56. The molecule has 18 heavy (non-hydrogen) atoms. The average Bonchev–Trinajstić information content (AvgIpc) is 2.27. The van der Waals surface area contributed by atoms with Crippen LogP contribution in [0.2, 0.25) is 0 Å². The fourth-order valence-corrected chi connectivity index (χ4v) is 1.87. The molecule has 6 nitrogen and oxygen atoms in total. The summed E-state index contributed by atoms with van der Waals surface area (Å²) in [5, 5.41) is 3.37. The summed E-state index contributed by atoms with van der Waals surface area (Å²) in [4.78, 5) is 8.44. The molecule has 0 saturated carbocycles. The zero-order chi connectivity index (χ0) is 13.8. The van der Waals surface area contributed by atoms with E-state index in [0.29, 0.717) is 12.4 Å². The molecule has 1 heterocycles. The molecule has 0 spiro atoms. The summed E-state index contributed by atoms with van der Waals surface area (Å²) >= 11 is 0. The lowest BCUT2D eigenvalue weighted by Crippen LogP contribution is -2.37. The van der Waals surface area contributed by atoms with Crippen LogP contribution in [0.25, 0.3) is 0 Å². The Morgan fingerprint density at radius 1 is 1.33 bits per heavy atom. The van der Waals surface area contributed by atoms with E-state index < -0.39 is 0 Å². The predicted octanol–water partition coefficient (Wildman–Crippen LogP) is 1.72. The van der Waals surface area contributed by atoms with Gasteiger partial charge in [-0.1, -0.05) is 13.8 Å². The van der Waals surface area contributed by atoms with Crippen molar-refractivity contribution < 1.29 is 4.74 Å². The Hall–Kier alpha value is -1.40. The van der Waals surface area contributed by atoms with E-state index in [1.54, 1.807) is 7.11 Å². The van der Waals surface area contributed by atoms with Crippen molar-refractivity contribution in [3.8, 4) is 0 Å². The number of nitrogen functional groups attached to an aromatic ring is 1. The third-order valence-corrected chi connectivity index (χ3v) is 2.56. The quantitative estimate of drug-likeness (QED) is 0.529. The first-order valence-electron chi connectivity index (χ1n) is 6.00. The molecule has 1 aromatic rings. The van der Waals surface area contributed by atoms with Crippen LogP contribution in [0.5, 0.6) is 0 Å². The van der Waals surface area contributed by atoms with Crippen molar-refractivity contribution in [2.45, 2.75) is 39.2 Å². The second-order valence-electron chi connectivity index (χ2n) is 5.23. The summed E-state index contributed by atoms with van der Waals surface area (Å²) in [5.74, 6) is 7.18. The van der Waals surface area contributed by atoms with E-state index in [4.69, 9.17) is 10.6 Å². The van der Waals surface area contributed by atoms with Gasteiger partial charge in [-0.25, -0.2) is 15.8 Å². The van der Waals surface area contributed by atoms with Crippen LogP contribution < -0.4 is 16.6 Å². The molecule has 0 aromatic carbocycles. The minimum atomic E-state index is -0.210. The van der Waals surface area contributed by atoms with E-state index in [-0.39, 0.29) is 11.5 Å². The SMILES string of the molecule is COCC(C)(C)Nc1ncnc(NN)c1C(C)C. The second-order valence-corrected chi connectivity index (χ2v) is 5.23. The predicted molar refractivity (Wildman–Crippen MR) is 73.5 cm³/mol. The monoisotopic (exact) mass is 253 g/mol. The molecule has 0 fully saturated rings. The number of methoxy groups -OCH3 is 1. The molecule has 0 bridgehead atoms. The van der Waals surface area contributed by atoms with Crippen molar-refractivity contribution in [3.63, 3.8) is 0 Å². The number of rotatable bonds is 6. The van der Waals surface area contributed by atoms with Crippen LogP contribution in [0.3, 0.4) is 0 Å². The number of hydrazine groups is 1. The summed E-state index contributed by atoms with van der Waals surface area (Å²) in [7, 11) is 1.68. The number of nitrogens with zero attached hydrogens (tertiary/aromatic N) is 2. The number of aromatic nitrogens is 2. The zero-order valence-electron chi connectivity index (χ0n) is 11.7. The number of nitrogens with one attached hydrogen (secondary N) is 2. The highest BCUT2D eigenvalue weighted by molar-refractivity contribution is 5.59. The van der Waals surface area contributed by atoms with Gasteiger partial charge >= 0.3 is 0 Å². The van der Waals surface area contributed by atoms with Crippen LogP contribution in [0.1, 0.15) is 39.2 Å². The van der Waals surface area contributed by atoms with E-state index in [1.165, 1.54) is 6.33 Å². The fraction of sp³-hybridized carbons (Fsp3) is 0.667. The van der Waals surface area contributed by atoms with Gasteiger partial charge in [-0.3, -0.25) is 0 Å².